The van der Waals surface area contributed by atoms with Gasteiger partial charge in [-0.05, 0) is 0 Å². The number of amides is 1. The topological polar surface area (TPSA) is 46.6 Å². The molecule has 0 aromatic rings. The van der Waals surface area contributed by atoms with Crippen LogP contribution < -0.4 is 0 Å². The van der Waals surface area contributed by atoms with Crippen molar-refractivity contribution in [2.75, 3.05) is 20.2 Å². The monoisotopic (exact) mass is 201 g/mol. The standard InChI is InChI=1S/C10H19NO3/c1-8(12)11(5)6-10(3,4)7-14-9(2)13/h6-7H2,1-5H3. The Labute approximate surface area is 85.2 Å². The summed E-state index contributed by atoms with van der Waals surface area (Å²) in [7, 11) is 1.73. The SMILES string of the molecule is CC(=O)OCC(C)(C)CN(C)C(C)=O. The molecule has 0 unspecified atom stereocenters. The number of carbonyl (C=O) groups excluding carboxylic acids is 2. The summed E-state index contributed by atoms with van der Waals surface area (Å²) in [5.41, 5.74) is -0.202. The molecule has 0 saturated carbocycles. The van der Waals surface area contributed by atoms with Gasteiger partial charge in [0.2, 0.25) is 5.91 Å². The summed E-state index contributed by atoms with van der Waals surface area (Å²) >= 11 is 0. The summed E-state index contributed by atoms with van der Waals surface area (Å²) in [5, 5.41) is 0. The van der Waals surface area contributed by atoms with E-state index in [1.54, 1.807) is 11.9 Å². The molecule has 0 aliphatic carbocycles. The van der Waals surface area contributed by atoms with Crippen LogP contribution in [0.1, 0.15) is 27.7 Å². The maximum atomic E-state index is 11.0. The van der Waals surface area contributed by atoms with Gasteiger partial charge in [0.1, 0.15) is 0 Å². The minimum atomic E-state index is -0.288. The molecule has 0 aromatic carbocycles. The van der Waals surface area contributed by atoms with Crippen molar-refractivity contribution in [3.8, 4) is 0 Å². The first-order valence-electron chi connectivity index (χ1n) is 4.60. The third-order valence-electron chi connectivity index (χ3n) is 1.87. The molecule has 0 rings (SSSR count). The number of rotatable bonds is 4. The van der Waals surface area contributed by atoms with Gasteiger partial charge in [0.25, 0.3) is 0 Å². The smallest absolute Gasteiger partial charge is 0.302 e. The van der Waals surface area contributed by atoms with Crippen molar-refractivity contribution in [1.82, 2.24) is 4.90 Å². The van der Waals surface area contributed by atoms with E-state index in [0.29, 0.717) is 13.2 Å². The minimum Gasteiger partial charge on any atom is -0.465 e. The predicted molar refractivity (Wildman–Crippen MR) is 53.7 cm³/mol. The van der Waals surface area contributed by atoms with Crippen LogP contribution in [0.5, 0.6) is 0 Å². The second kappa shape index (κ2) is 4.98. The highest BCUT2D eigenvalue weighted by molar-refractivity contribution is 5.72. The predicted octanol–water partition coefficient (Wildman–Crippen LogP) is 1.05. The lowest BCUT2D eigenvalue weighted by Crippen LogP contribution is -2.37. The molecule has 0 fully saturated rings. The lowest BCUT2D eigenvalue weighted by atomic mass is 9.94. The summed E-state index contributed by atoms with van der Waals surface area (Å²) in [6.07, 6.45) is 0. The zero-order valence-corrected chi connectivity index (χ0v) is 9.59. The van der Waals surface area contributed by atoms with Crippen LogP contribution in [0.25, 0.3) is 0 Å². The average Bonchev–Trinajstić information content (AvgIpc) is 2.00. The molecule has 0 aliphatic heterocycles. The highest BCUT2D eigenvalue weighted by atomic mass is 16.5. The van der Waals surface area contributed by atoms with Crippen molar-refractivity contribution in [2.45, 2.75) is 27.7 Å². The van der Waals surface area contributed by atoms with Gasteiger partial charge < -0.3 is 9.64 Å². The van der Waals surface area contributed by atoms with Crippen LogP contribution in [0, 0.1) is 5.41 Å². The first-order valence-corrected chi connectivity index (χ1v) is 4.60. The Hall–Kier alpha value is -1.06. The Morgan fingerprint density at radius 3 is 2.14 bits per heavy atom. The molecule has 0 N–H and O–H groups in total. The zero-order chi connectivity index (χ0) is 11.4. The van der Waals surface area contributed by atoms with Crippen molar-refractivity contribution in [3.63, 3.8) is 0 Å². The Morgan fingerprint density at radius 2 is 1.79 bits per heavy atom. The fraction of sp³-hybridized carbons (Fsp3) is 0.800. The van der Waals surface area contributed by atoms with Crippen LogP contribution in [0.2, 0.25) is 0 Å². The fourth-order valence-corrected chi connectivity index (χ4v) is 1.10. The molecule has 0 heterocycles. The van der Waals surface area contributed by atoms with Gasteiger partial charge >= 0.3 is 5.97 Å². The molecule has 0 bridgehead atoms. The van der Waals surface area contributed by atoms with Gasteiger partial charge in [0.05, 0.1) is 6.61 Å². The number of carbonyl (C=O) groups is 2. The molecule has 0 saturated heterocycles. The summed E-state index contributed by atoms with van der Waals surface area (Å²) in [6.45, 7) is 7.72. The maximum absolute atomic E-state index is 11.0. The Kier molecular flexibility index (Phi) is 4.60. The molecular formula is C10H19NO3. The van der Waals surface area contributed by atoms with Gasteiger partial charge in [0, 0.05) is 32.9 Å². The average molecular weight is 201 g/mol. The molecule has 82 valence electrons. The van der Waals surface area contributed by atoms with E-state index in [0.717, 1.165) is 0 Å². The van der Waals surface area contributed by atoms with E-state index in [4.69, 9.17) is 4.74 Å². The molecule has 0 aliphatic rings. The van der Waals surface area contributed by atoms with Crippen molar-refractivity contribution in [2.24, 2.45) is 5.41 Å². The normalized spacial score (nSPS) is 10.9. The number of ether oxygens (including phenoxy) is 1. The van der Waals surface area contributed by atoms with E-state index in [2.05, 4.69) is 0 Å². The van der Waals surface area contributed by atoms with E-state index in [9.17, 15) is 9.59 Å². The van der Waals surface area contributed by atoms with Crippen molar-refractivity contribution in [1.29, 1.82) is 0 Å². The first kappa shape index (κ1) is 12.9. The van der Waals surface area contributed by atoms with Crippen LogP contribution in [0.4, 0.5) is 0 Å². The number of esters is 1. The van der Waals surface area contributed by atoms with Gasteiger partial charge in [-0.25, -0.2) is 0 Å². The minimum absolute atomic E-state index is 0.0147. The van der Waals surface area contributed by atoms with E-state index >= 15 is 0 Å². The van der Waals surface area contributed by atoms with E-state index < -0.39 is 0 Å². The highest BCUT2D eigenvalue weighted by Gasteiger charge is 2.22. The zero-order valence-electron chi connectivity index (χ0n) is 9.59. The molecule has 4 nitrogen and oxygen atoms in total. The van der Waals surface area contributed by atoms with Crippen molar-refractivity contribution in [3.05, 3.63) is 0 Å². The van der Waals surface area contributed by atoms with Gasteiger partial charge in [-0.15, -0.1) is 0 Å². The van der Waals surface area contributed by atoms with Crippen LogP contribution >= 0.6 is 0 Å². The quantitative estimate of drug-likeness (QED) is 0.639. The molecule has 4 heteroatoms. The molecule has 1 amide bonds. The van der Waals surface area contributed by atoms with E-state index in [-0.39, 0.29) is 17.3 Å². The van der Waals surface area contributed by atoms with Crippen LogP contribution in [0.15, 0.2) is 0 Å². The summed E-state index contributed by atoms with van der Waals surface area (Å²) < 4.78 is 4.91. The number of hydrogen-bond acceptors (Lipinski definition) is 3. The summed E-state index contributed by atoms with van der Waals surface area (Å²) in [5.74, 6) is -0.274. The number of hydrogen-bond donors (Lipinski definition) is 0. The molecule has 0 aromatic heterocycles. The Bertz CT molecular complexity index is 223. The van der Waals surface area contributed by atoms with Crippen LogP contribution in [-0.2, 0) is 14.3 Å². The molecule has 0 radical (unpaired) electrons. The third kappa shape index (κ3) is 5.56. The van der Waals surface area contributed by atoms with Gasteiger partial charge in [-0.1, -0.05) is 13.8 Å². The molecular weight excluding hydrogens is 182 g/mol. The van der Waals surface area contributed by atoms with E-state index in [1.165, 1.54) is 13.8 Å². The third-order valence-corrected chi connectivity index (χ3v) is 1.87. The second-order valence-electron chi connectivity index (χ2n) is 4.32. The summed E-state index contributed by atoms with van der Waals surface area (Å²) in [4.78, 5) is 23.2. The Morgan fingerprint density at radius 1 is 1.29 bits per heavy atom. The van der Waals surface area contributed by atoms with Gasteiger partial charge in [-0.2, -0.15) is 0 Å². The largest absolute Gasteiger partial charge is 0.465 e. The molecule has 0 spiro atoms. The summed E-state index contributed by atoms with van der Waals surface area (Å²) in [6, 6.07) is 0. The van der Waals surface area contributed by atoms with Crippen molar-refractivity contribution < 1.29 is 14.3 Å². The fourth-order valence-electron chi connectivity index (χ4n) is 1.10. The van der Waals surface area contributed by atoms with Gasteiger partial charge in [0.15, 0.2) is 0 Å². The maximum Gasteiger partial charge on any atom is 0.302 e. The van der Waals surface area contributed by atoms with Crippen LogP contribution in [-0.4, -0.2) is 37.0 Å². The molecule has 0 atom stereocenters. The lowest BCUT2D eigenvalue weighted by Gasteiger charge is -2.29. The highest BCUT2D eigenvalue weighted by Crippen LogP contribution is 2.16. The van der Waals surface area contributed by atoms with E-state index in [1.807, 2.05) is 13.8 Å². The van der Waals surface area contributed by atoms with Gasteiger partial charge in [-0.3, -0.25) is 9.59 Å². The first-order chi connectivity index (χ1) is 6.24. The molecule has 14 heavy (non-hydrogen) atoms. The number of nitrogens with zero attached hydrogens (tertiary/aromatic N) is 1. The second-order valence-corrected chi connectivity index (χ2v) is 4.32. The van der Waals surface area contributed by atoms with Crippen molar-refractivity contribution >= 4 is 11.9 Å². The lowest BCUT2D eigenvalue weighted by molar-refractivity contribution is -0.144. The van der Waals surface area contributed by atoms with Crippen LogP contribution in [0.3, 0.4) is 0 Å². The Balaban J connectivity index is 4.06.